The van der Waals surface area contributed by atoms with Gasteiger partial charge in [-0.25, -0.2) is 13.2 Å². The number of amides is 1. The third-order valence-electron chi connectivity index (χ3n) is 4.82. The molecule has 1 amide bonds. The van der Waals surface area contributed by atoms with Crippen molar-refractivity contribution in [2.45, 2.75) is 17.7 Å². The first-order valence-corrected chi connectivity index (χ1v) is 11.4. The number of H-pyrrole nitrogens is 1. The molecule has 2 N–H and O–H groups in total. The number of aromatic nitrogens is 3. The van der Waals surface area contributed by atoms with E-state index in [9.17, 15) is 18.0 Å². The SMILES string of the molecule is Cn1c(=O)oc2cc(S(=O)(=O)N3CCCC(C(=O)Nc4n[nH]c(=S)s4)C3)ccc21. The summed E-state index contributed by atoms with van der Waals surface area (Å²) in [6, 6.07) is 4.31. The van der Waals surface area contributed by atoms with E-state index in [0.29, 0.717) is 34.0 Å². The van der Waals surface area contributed by atoms with Gasteiger partial charge in [-0.3, -0.25) is 14.5 Å². The van der Waals surface area contributed by atoms with Crippen LogP contribution in [-0.2, 0) is 21.9 Å². The Bertz CT molecular complexity index is 1300. The van der Waals surface area contributed by atoms with E-state index in [2.05, 4.69) is 15.5 Å². The Morgan fingerprint density at radius 2 is 2.24 bits per heavy atom. The monoisotopic (exact) mass is 455 g/mol. The smallest absolute Gasteiger partial charge is 0.408 e. The zero-order valence-electron chi connectivity index (χ0n) is 15.2. The standard InChI is InChI=1S/C16H17N5O5S3/c1-20-11-5-4-10(7-12(11)26-16(20)23)29(24,25)21-6-2-3-9(8-21)13(22)17-14-18-19-15(27)28-14/h4-5,7,9H,2-3,6,8H2,1H3,(H,19,27)(H,17,18,22). The van der Waals surface area contributed by atoms with Crippen molar-refractivity contribution in [1.29, 1.82) is 0 Å². The Morgan fingerprint density at radius 1 is 1.45 bits per heavy atom. The molecule has 3 heterocycles. The van der Waals surface area contributed by atoms with E-state index in [0.717, 1.165) is 11.3 Å². The Balaban J connectivity index is 1.55. The van der Waals surface area contributed by atoms with Gasteiger partial charge in [-0.2, -0.15) is 4.31 Å². The fourth-order valence-corrected chi connectivity index (χ4v) is 5.62. The van der Waals surface area contributed by atoms with Crippen LogP contribution in [0.1, 0.15) is 12.8 Å². The number of hydrogen-bond donors (Lipinski definition) is 2. The van der Waals surface area contributed by atoms with E-state index in [1.165, 1.54) is 27.1 Å². The highest BCUT2D eigenvalue weighted by molar-refractivity contribution is 7.89. The summed E-state index contributed by atoms with van der Waals surface area (Å²) in [5.74, 6) is -1.37. The average molecular weight is 456 g/mol. The zero-order valence-corrected chi connectivity index (χ0v) is 17.7. The number of rotatable bonds is 4. The summed E-state index contributed by atoms with van der Waals surface area (Å²) >= 11 is 6.07. The molecule has 0 spiro atoms. The number of carbonyl (C=O) groups is 1. The average Bonchev–Trinajstić information content (AvgIpc) is 3.24. The highest BCUT2D eigenvalue weighted by Crippen LogP contribution is 2.27. The fourth-order valence-electron chi connectivity index (χ4n) is 3.29. The molecule has 4 rings (SSSR count). The van der Waals surface area contributed by atoms with Crippen LogP contribution in [-0.4, -0.2) is 46.5 Å². The topological polar surface area (TPSA) is 130 Å². The van der Waals surface area contributed by atoms with Gasteiger partial charge in [0.1, 0.15) is 0 Å². The molecule has 29 heavy (non-hydrogen) atoms. The molecule has 0 aliphatic carbocycles. The number of fused-ring (bicyclic) bond motifs is 1. The molecule has 1 fully saturated rings. The second-order valence-corrected chi connectivity index (χ2v) is 10.3. The summed E-state index contributed by atoms with van der Waals surface area (Å²) in [6.07, 6.45) is 1.12. The van der Waals surface area contributed by atoms with Crippen LogP contribution in [0.5, 0.6) is 0 Å². The molecule has 2 aromatic heterocycles. The Labute approximate surface area is 174 Å². The van der Waals surface area contributed by atoms with Crippen LogP contribution in [0.25, 0.3) is 11.1 Å². The lowest BCUT2D eigenvalue weighted by atomic mass is 9.99. The molecule has 0 bridgehead atoms. The molecular weight excluding hydrogens is 438 g/mol. The van der Waals surface area contributed by atoms with E-state index in [-0.39, 0.29) is 22.9 Å². The molecule has 154 valence electrons. The van der Waals surface area contributed by atoms with Crippen molar-refractivity contribution in [2.24, 2.45) is 13.0 Å². The van der Waals surface area contributed by atoms with Gasteiger partial charge < -0.3 is 9.73 Å². The highest BCUT2D eigenvalue weighted by Gasteiger charge is 2.34. The minimum Gasteiger partial charge on any atom is -0.408 e. The number of carbonyl (C=O) groups excluding carboxylic acids is 1. The molecular formula is C16H17N5O5S3. The van der Waals surface area contributed by atoms with Gasteiger partial charge in [0.25, 0.3) is 0 Å². The molecule has 1 aliphatic heterocycles. The van der Waals surface area contributed by atoms with Crippen molar-refractivity contribution in [1.82, 2.24) is 19.1 Å². The molecule has 3 aromatic rings. The summed E-state index contributed by atoms with van der Waals surface area (Å²) < 4.78 is 34.3. The lowest BCUT2D eigenvalue weighted by Gasteiger charge is -2.31. The Hall–Kier alpha value is -2.35. The summed E-state index contributed by atoms with van der Waals surface area (Å²) in [7, 11) is -2.30. The number of benzene rings is 1. The lowest BCUT2D eigenvalue weighted by Crippen LogP contribution is -2.43. The minimum absolute atomic E-state index is 0.0191. The fraction of sp³-hybridized carbons (Fsp3) is 0.375. The van der Waals surface area contributed by atoms with Crippen LogP contribution < -0.4 is 11.1 Å². The van der Waals surface area contributed by atoms with Crippen molar-refractivity contribution in [3.05, 3.63) is 32.7 Å². The predicted octanol–water partition coefficient (Wildman–Crippen LogP) is 1.68. The van der Waals surface area contributed by atoms with Gasteiger partial charge in [0.2, 0.25) is 21.1 Å². The van der Waals surface area contributed by atoms with E-state index in [1.807, 2.05) is 0 Å². The maximum Gasteiger partial charge on any atom is 0.419 e. The molecule has 13 heteroatoms. The summed E-state index contributed by atoms with van der Waals surface area (Å²) in [4.78, 5) is 24.2. The molecule has 1 saturated heterocycles. The third-order valence-corrected chi connectivity index (χ3v) is 7.69. The lowest BCUT2D eigenvalue weighted by molar-refractivity contribution is -0.120. The Kier molecular flexibility index (Phi) is 5.14. The van der Waals surface area contributed by atoms with Crippen molar-refractivity contribution in [2.75, 3.05) is 18.4 Å². The molecule has 1 aliphatic rings. The third kappa shape index (κ3) is 3.77. The van der Waals surface area contributed by atoms with Gasteiger partial charge in [-0.15, -0.1) is 5.10 Å². The molecule has 0 radical (unpaired) electrons. The predicted molar refractivity (Wildman–Crippen MR) is 109 cm³/mol. The van der Waals surface area contributed by atoms with Crippen LogP contribution >= 0.6 is 23.6 Å². The number of oxazole rings is 1. The van der Waals surface area contributed by atoms with Crippen molar-refractivity contribution >= 4 is 55.7 Å². The number of anilines is 1. The van der Waals surface area contributed by atoms with Crippen LogP contribution in [0, 0.1) is 9.87 Å². The summed E-state index contributed by atoms with van der Waals surface area (Å²) in [5.41, 5.74) is 0.704. The normalized spacial score (nSPS) is 18.2. The maximum atomic E-state index is 13.1. The summed E-state index contributed by atoms with van der Waals surface area (Å²) in [5, 5.41) is 9.50. The number of piperidine rings is 1. The molecule has 1 atom stereocenters. The van der Waals surface area contributed by atoms with E-state index in [1.54, 1.807) is 7.05 Å². The number of sulfonamides is 1. The maximum absolute atomic E-state index is 13.1. The minimum atomic E-state index is -3.85. The second kappa shape index (κ2) is 7.48. The van der Waals surface area contributed by atoms with Crippen molar-refractivity contribution < 1.29 is 17.6 Å². The van der Waals surface area contributed by atoms with Gasteiger partial charge >= 0.3 is 5.76 Å². The first-order valence-electron chi connectivity index (χ1n) is 8.72. The zero-order chi connectivity index (χ0) is 20.8. The Morgan fingerprint density at radius 3 is 2.97 bits per heavy atom. The van der Waals surface area contributed by atoms with Crippen LogP contribution in [0.15, 0.2) is 32.3 Å². The van der Waals surface area contributed by atoms with E-state index >= 15 is 0 Å². The number of nitrogens with zero attached hydrogens (tertiary/aromatic N) is 3. The molecule has 0 saturated carbocycles. The first kappa shape index (κ1) is 19.9. The largest absolute Gasteiger partial charge is 0.419 e. The van der Waals surface area contributed by atoms with Crippen LogP contribution in [0.3, 0.4) is 0 Å². The highest BCUT2D eigenvalue weighted by atomic mass is 32.2. The molecule has 1 aromatic carbocycles. The van der Waals surface area contributed by atoms with Gasteiger partial charge in [0, 0.05) is 26.2 Å². The number of nitrogens with one attached hydrogen (secondary N) is 2. The van der Waals surface area contributed by atoms with E-state index in [4.69, 9.17) is 16.6 Å². The number of aryl methyl sites for hydroxylation is 1. The van der Waals surface area contributed by atoms with Crippen molar-refractivity contribution in [3.8, 4) is 0 Å². The van der Waals surface area contributed by atoms with Gasteiger partial charge in [0.05, 0.1) is 16.3 Å². The first-order chi connectivity index (χ1) is 13.8. The molecule has 1 unspecified atom stereocenters. The number of aromatic amines is 1. The van der Waals surface area contributed by atoms with Crippen molar-refractivity contribution in [3.63, 3.8) is 0 Å². The van der Waals surface area contributed by atoms with Crippen LogP contribution in [0.2, 0.25) is 0 Å². The second-order valence-electron chi connectivity index (χ2n) is 6.67. The van der Waals surface area contributed by atoms with Gasteiger partial charge in [-0.1, -0.05) is 11.3 Å². The quantitative estimate of drug-likeness (QED) is 0.573. The van der Waals surface area contributed by atoms with Crippen LogP contribution in [0.4, 0.5) is 5.13 Å². The number of hydrogen-bond acceptors (Lipinski definition) is 8. The van der Waals surface area contributed by atoms with Gasteiger partial charge in [-0.05, 0) is 37.2 Å². The van der Waals surface area contributed by atoms with Gasteiger partial charge in [0.15, 0.2) is 9.54 Å². The molecule has 10 nitrogen and oxygen atoms in total. The van der Waals surface area contributed by atoms with E-state index < -0.39 is 21.7 Å². The summed E-state index contributed by atoms with van der Waals surface area (Å²) in [6.45, 7) is 0.366.